The first-order valence-corrected chi connectivity index (χ1v) is 9.79. The molecule has 32 heavy (non-hydrogen) atoms. The van der Waals surface area contributed by atoms with Gasteiger partial charge in [-0.25, -0.2) is 8.78 Å². The van der Waals surface area contributed by atoms with Crippen LogP contribution in [0.1, 0.15) is 22.7 Å². The summed E-state index contributed by atoms with van der Waals surface area (Å²) in [5, 5.41) is 11.2. The van der Waals surface area contributed by atoms with E-state index in [9.17, 15) is 23.5 Å². The van der Waals surface area contributed by atoms with Crippen LogP contribution in [0.5, 0.6) is 5.75 Å². The molecule has 0 radical (unpaired) electrons. The van der Waals surface area contributed by atoms with Gasteiger partial charge in [0.05, 0.1) is 24.3 Å². The minimum absolute atomic E-state index is 0.0101. The maximum Gasteiger partial charge on any atom is 0.300 e. The molecule has 1 aliphatic heterocycles. The molecular weight excluding hydrogens is 416 g/mol. The lowest BCUT2D eigenvalue weighted by Crippen LogP contribution is -2.30. The normalized spacial score (nSPS) is 17.6. The fourth-order valence-electron chi connectivity index (χ4n) is 3.87. The van der Waals surface area contributed by atoms with Crippen LogP contribution < -0.4 is 9.64 Å². The molecule has 0 spiro atoms. The topological polar surface area (TPSA) is 66.8 Å². The van der Waals surface area contributed by atoms with Gasteiger partial charge < -0.3 is 9.84 Å². The Bertz CT molecular complexity index is 1270. The summed E-state index contributed by atoms with van der Waals surface area (Å²) in [6, 6.07) is 14.4. The summed E-state index contributed by atoms with van der Waals surface area (Å²) in [4.78, 5) is 27.1. The summed E-state index contributed by atoms with van der Waals surface area (Å²) in [6.45, 7) is 1.79. The van der Waals surface area contributed by atoms with E-state index in [4.69, 9.17) is 4.74 Å². The maximum absolute atomic E-state index is 14.9. The number of hydrogen-bond acceptors (Lipinski definition) is 4. The lowest BCUT2D eigenvalue weighted by Gasteiger charge is -2.26. The lowest BCUT2D eigenvalue weighted by molar-refractivity contribution is -0.132. The second kappa shape index (κ2) is 8.26. The molecule has 0 bridgehead atoms. The number of carbonyl (C=O) groups excluding carboxylic acids is 2. The van der Waals surface area contributed by atoms with Gasteiger partial charge in [-0.2, -0.15) is 0 Å². The standard InChI is InChI=1S/C25H19F2NO4/c1-14-10-11-20(32-2)18(12-14)23(29)21-22(17-8-3-4-9-19(17)27)28(25(31)24(21)30)16-7-5-6-15(26)13-16/h3-13,22,29H,1-2H3/b23-21+. The van der Waals surface area contributed by atoms with Gasteiger partial charge in [0, 0.05) is 11.3 Å². The van der Waals surface area contributed by atoms with Crippen molar-refractivity contribution >= 4 is 23.1 Å². The third-order valence-corrected chi connectivity index (χ3v) is 5.34. The quantitative estimate of drug-likeness (QED) is 0.359. The highest BCUT2D eigenvalue weighted by molar-refractivity contribution is 6.51. The van der Waals surface area contributed by atoms with E-state index < -0.39 is 35.1 Å². The van der Waals surface area contributed by atoms with Crippen LogP contribution in [0.3, 0.4) is 0 Å². The second-order valence-electron chi connectivity index (χ2n) is 7.37. The molecule has 3 aromatic carbocycles. The summed E-state index contributed by atoms with van der Waals surface area (Å²) in [5.74, 6) is -3.55. The Morgan fingerprint density at radius 1 is 1.00 bits per heavy atom. The Labute approximate surface area is 183 Å². The van der Waals surface area contributed by atoms with E-state index in [0.717, 1.165) is 16.5 Å². The molecule has 1 amide bonds. The fraction of sp³-hybridized carbons (Fsp3) is 0.120. The fourth-order valence-corrected chi connectivity index (χ4v) is 3.87. The van der Waals surface area contributed by atoms with Crippen molar-refractivity contribution in [2.75, 3.05) is 12.0 Å². The van der Waals surface area contributed by atoms with Crippen LogP contribution in [-0.4, -0.2) is 23.9 Å². The smallest absolute Gasteiger partial charge is 0.300 e. The Balaban J connectivity index is 2.02. The maximum atomic E-state index is 14.9. The molecule has 0 saturated carbocycles. The van der Waals surface area contributed by atoms with E-state index in [-0.39, 0.29) is 28.1 Å². The van der Waals surface area contributed by atoms with Gasteiger partial charge >= 0.3 is 0 Å². The molecule has 1 unspecified atom stereocenters. The predicted molar refractivity (Wildman–Crippen MR) is 115 cm³/mol. The first-order chi connectivity index (χ1) is 15.3. The van der Waals surface area contributed by atoms with Gasteiger partial charge in [-0.3, -0.25) is 14.5 Å². The van der Waals surface area contributed by atoms with Crippen LogP contribution in [0.2, 0.25) is 0 Å². The number of benzene rings is 3. The van der Waals surface area contributed by atoms with E-state index in [2.05, 4.69) is 0 Å². The van der Waals surface area contributed by atoms with E-state index in [1.807, 2.05) is 0 Å². The second-order valence-corrected chi connectivity index (χ2v) is 7.37. The van der Waals surface area contributed by atoms with Crippen molar-refractivity contribution in [2.45, 2.75) is 13.0 Å². The number of ether oxygens (including phenoxy) is 1. The predicted octanol–water partition coefficient (Wildman–Crippen LogP) is 4.91. The Hall–Kier alpha value is -4.00. The number of Topliss-reactive ketones (excluding diaryl/α,β-unsaturated/α-hetero) is 1. The molecule has 0 aromatic heterocycles. The zero-order valence-corrected chi connectivity index (χ0v) is 17.3. The number of aryl methyl sites for hydroxylation is 1. The van der Waals surface area contributed by atoms with Crippen LogP contribution in [0.25, 0.3) is 5.76 Å². The average molecular weight is 435 g/mol. The zero-order valence-electron chi connectivity index (χ0n) is 17.3. The number of halogens is 2. The summed E-state index contributed by atoms with van der Waals surface area (Å²) < 4.78 is 34.1. The minimum Gasteiger partial charge on any atom is -0.507 e. The summed E-state index contributed by atoms with van der Waals surface area (Å²) in [6.07, 6.45) is 0. The van der Waals surface area contributed by atoms with Gasteiger partial charge in [-0.15, -0.1) is 0 Å². The highest BCUT2D eigenvalue weighted by Gasteiger charge is 2.48. The molecule has 7 heteroatoms. The highest BCUT2D eigenvalue weighted by Crippen LogP contribution is 2.44. The van der Waals surface area contributed by atoms with Gasteiger partial charge in [-0.05, 0) is 43.3 Å². The Morgan fingerprint density at radius 2 is 1.75 bits per heavy atom. The number of rotatable bonds is 4. The third kappa shape index (κ3) is 3.51. The van der Waals surface area contributed by atoms with Crippen molar-refractivity contribution in [2.24, 2.45) is 0 Å². The summed E-state index contributed by atoms with van der Waals surface area (Å²) >= 11 is 0. The van der Waals surface area contributed by atoms with Crippen molar-refractivity contribution < 1.29 is 28.2 Å². The van der Waals surface area contributed by atoms with Crippen LogP contribution in [0.4, 0.5) is 14.5 Å². The number of amides is 1. The molecule has 1 N–H and O–H groups in total. The molecule has 5 nitrogen and oxygen atoms in total. The molecule has 1 heterocycles. The molecule has 0 aliphatic carbocycles. The minimum atomic E-state index is -1.30. The third-order valence-electron chi connectivity index (χ3n) is 5.34. The van der Waals surface area contributed by atoms with E-state index in [0.29, 0.717) is 0 Å². The number of nitrogens with zero attached hydrogens (tertiary/aromatic N) is 1. The monoisotopic (exact) mass is 435 g/mol. The van der Waals surface area contributed by atoms with Crippen LogP contribution in [0, 0.1) is 18.6 Å². The molecule has 1 aliphatic rings. The van der Waals surface area contributed by atoms with Crippen molar-refractivity contribution in [1.29, 1.82) is 0 Å². The van der Waals surface area contributed by atoms with Gasteiger partial charge in [0.2, 0.25) is 0 Å². The lowest BCUT2D eigenvalue weighted by atomic mass is 9.94. The SMILES string of the molecule is COc1ccc(C)cc1/C(O)=C1\C(=O)C(=O)N(c2cccc(F)c2)C1c1ccccc1F. The number of hydrogen-bond donors (Lipinski definition) is 1. The number of anilines is 1. The zero-order chi connectivity index (χ0) is 23.0. The van der Waals surface area contributed by atoms with Crippen molar-refractivity contribution in [3.8, 4) is 5.75 Å². The highest BCUT2D eigenvalue weighted by atomic mass is 19.1. The summed E-state index contributed by atoms with van der Waals surface area (Å²) in [7, 11) is 1.40. The van der Waals surface area contributed by atoms with Crippen molar-refractivity contribution in [3.63, 3.8) is 0 Å². The molecular formula is C25H19F2NO4. The molecule has 1 fully saturated rings. The van der Waals surface area contributed by atoms with Gasteiger partial charge in [-0.1, -0.05) is 35.9 Å². The number of aliphatic hydroxyl groups is 1. The van der Waals surface area contributed by atoms with E-state index >= 15 is 0 Å². The first-order valence-electron chi connectivity index (χ1n) is 9.79. The van der Waals surface area contributed by atoms with Crippen LogP contribution in [-0.2, 0) is 9.59 Å². The number of carbonyl (C=O) groups is 2. The van der Waals surface area contributed by atoms with Crippen molar-refractivity contribution in [1.82, 2.24) is 0 Å². The molecule has 1 saturated heterocycles. The van der Waals surface area contributed by atoms with Gasteiger partial charge in [0.15, 0.2) is 0 Å². The average Bonchev–Trinajstić information content (AvgIpc) is 3.04. The Morgan fingerprint density at radius 3 is 2.44 bits per heavy atom. The van der Waals surface area contributed by atoms with E-state index in [1.54, 1.807) is 31.2 Å². The largest absolute Gasteiger partial charge is 0.507 e. The molecule has 1 atom stereocenters. The number of ketones is 1. The number of methoxy groups -OCH3 is 1. The van der Waals surface area contributed by atoms with Crippen LogP contribution in [0.15, 0.2) is 72.3 Å². The number of aliphatic hydroxyl groups excluding tert-OH is 1. The first kappa shape index (κ1) is 21.2. The molecule has 162 valence electrons. The van der Waals surface area contributed by atoms with E-state index in [1.165, 1.54) is 43.5 Å². The summed E-state index contributed by atoms with van der Waals surface area (Å²) in [5.41, 5.74) is 0.702. The Kier molecular flexibility index (Phi) is 5.48. The molecule has 3 aromatic rings. The van der Waals surface area contributed by atoms with Gasteiger partial charge in [0.1, 0.15) is 23.1 Å². The van der Waals surface area contributed by atoms with Crippen molar-refractivity contribution in [3.05, 3.63) is 101 Å². The van der Waals surface area contributed by atoms with Gasteiger partial charge in [0.25, 0.3) is 11.7 Å². The molecule has 4 rings (SSSR count). The van der Waals surface area contributed by atoms with Crippen LogP contribution >= 0.6 is 0 Å².